The number of nitrogens with zero attached hydrogens (tertiary/aromatic N) is 3. The van der Waals surface area contributed by atoms with E-state index < -0.39 is 0 Å². The van der Waals surface area contributed by atoms with Gasteiger partial charge in [0.15, 0.2) is 5.96 Å². The fourth-order valence-electron chi connectivity index (χ4n) is 4.39. The number of rotatable bonds is 8. The van der Waals surface area contributed by atoms with Gasteiger partial charge in [0, 0.05) is 33.2 Å². The van der Waals surface area contributed by atoms with Crippen molar-refractivity contribution in [2.75, 3.05) is 46.8 Å². The Bertz CT molecular complexity index is 471. The van der Waals surface area contributed by atoms with Gasteiger partial charge in [-0.3, -0.25) is 14.7 Å². The van der Waals surface area contributed by atoms with Gasteiger partial charge in [0.05, 0.1) is 12.0 Å². The van der Waals surface area contributed by atoms with Crippen molar-refractivity contribution in [2.45, 2.75) is 64.8 Å². The summed E-state index contributed by atoms with van der Waals surface area (Å²) in [6, 6.07) is 0.560. The van der Waals surface area contributed by atoms with Crippen molar-refractivity contribution in [3.63, 3.8) is 0 Å². The summed E-state index contributed by atoms with van der Waals surface area (Å²) in [5.74, 6) is 1.08. The van der Waals surface area contributed by atoms with Gasteiger partial charge in [-0.05, 0) is 52.1 Å². The summed E-state index contributed by atoms with van der Waals surface area (Å²) in [6.45, 7) is 9.11. The summed E-state index contributed by atoms with van der Waals surface area (Å²) in [7, 11) is 3.72. The number of aliphatic imine (C=N–C) groups is 1. The Kier molecular flexibility index (Phi) is 11.0. The zero-order valence-corrected chi connectivity index (χ0v) is 20.1. The molecular weight excluding hydrogens is 453 g/mol. The molecule has 2 N–H and O–H groups in total. The molecule has 158 valence electrons. The third kappa shape index (κ3) is 6.76. The molecule has 0 radical (unpaired) electrons. The van der Waals surface area contributed by atoms with Crippen LogP contribution in [0.3, 0.4) is 0 Å². The van der Waals surface area contributed by atoms with Gasteiger partial charge < -0.3 is 15.5 Å². The van der Waals surface area contributed by atoms with Crippen molar-refractivity contribution in [3.8, 4) is 0 Å². The standard InChI is InChI=1S/C20H39N5O.HI/c1-5-17(25-13-9-10-14-25)15-22-19(21-6-2)23-16-20(11-7-8-12-20)18(26)24(3)4;/h17H,5-16H2,1-4H3,(H2,21,22,23);1H. The van der Waals surface area contributed by atoms with Crippen LogP contribution in [0.15, 0.2) is 4.99 Å². The van der Waals surface area contributed by atoms with Gasteiger partial charge in [0.1, 0.15) is 0 Å². The van der Waals surface area contributed by atoms with Crippen LogP contribution in [0.2, 0.25) is 0 Å². The first-order chi connectivity index (χ1) is 12.5. The van der Waals surface area contributed by atoms with Gasteiger partial charge in [0.2, 0.25) is 5.91 Å². The largest absolute Gasteiger partial charge is 0.357 e. The molecule has 27 heavy (non-hydrogen) atoms. The van der Waals surface area contributed by atoms with Crippen molar-refractivity contribution >= 4 is 35.8 Å². The normalized spacial score (nSPS) is 20.8. The van der Waals surface area contributed by atoms with Gasteiger partial charge in [-0.2, -0.15) is 0 Å². The molecule has 1 aliphatic heterocycles. The van der Waals surface area contributed by atoms with Crippen LogP contribution in [-0.4, -0.2) is 74.5 Å². The van der Waals surface area contributed by atoms with Gasteiger partial charge >= 0.3 is 0 Å². The van der Waals surface area contributed by atoms with E-state index in [4.69, 9.17) is 4.99 Å². The van der Waals surface area contributed by atoms with E-state index in [0.717, 1.165) is 51.2 Å². The molecule has 0 aromatic carbocycles. The van der Waals surface area contributed by atoms with E-state index in [9.17, 15) is 4.79 Å². The first-order valence-electron chi connectivity index (χ1n) is 10.5. The van der Waals surface area contributed by atoms with E-state index in [-0.39, 0.29) is 35.3 Å². The Morgan fingerprint density at radius 3 is 2.26 bits per heavy atom. The Morgan fingerprint density at radius 1 is 1.11 bits per heavy atom. The fraction of sp³-hybridized carbons (Fsp3) is 0.900. The Labute approximate surface area is 182 Å². The average Bonchev–Trinajstić information content (AvgIpc) is 3.32. The number of likely N-dealkylation sites (tertiary alicyclic amines) is 1. The van der Waals surface area contributed by atoms with Crippen molar-refractivity contribution in [2.24, 2.45) is 10.4 Å². The van der Waals surface area contributed by atoms with Crippen molar-refractivity contribution in [3.05, 3.63) is 0 Å². The maximum atomic E-state index is 12.7. The third-order valence-corrected chi connectivity index (χ3v) is 5.94. The predicted molar refractivity (Wildman–Crippen MR) is 124 cm³/mol. The molecule has 0 spiro atoms. The number of nitrogens with one attached hydrogen (secondary N) is 2. The van der Waals surface area contributed by atoms with Crippen LogP contribution in [0.5, 0.6) is 0 Å². The van der Waals surface area contributed by atoms with Crippen LogP contribution in [0.1, 0.15) is 58.8 Å². The number of hydrogen-bond acceptors (Lipinski definition) is 3. The molecule has 1 unspecified atom stereocenters. The lowest BCUT2D eigenvalue weighted by molar-refractivity contribution is -0.138. The Balaban J connectivity index is 0.00000364. The summed E-state index contributed by atoms with van der Waals surface area (Å²) >= 11 is 0. The van der Waals surface area contributed by atoms with Crippen LogP contribution >= 0.6 is 24.0 Å². The number of guanidine groups is 1. The maximum absolute atomic E-state index is 12.7. The van der Waals surface area contributed by atoms with E-state index >= 15 is 0 Å². The second kappa shape index (κ2) is 12.1. The van der Waals surface area contributed by atoms with E-state index in [0.29, 0.717) is 12.6 Å². The molecule has 1 aliphatic carbocycles. The highest BCUT2D eigenvalue weighted by atomic mass is 127. The molecule has 0 bridgehead atoms. The van der Waals surface area contributed by atoms with Crippen LogP contribution < -0.4 is 10.6 Å². The minimum atomic E-state index is -0.301. The molecule has 1 atom stereocenters. The van der Waals surface area contributed by atoms with E-state index in [1.807, 2.05) is 14.1 Å². The first kappa shape index (κ1) is 24.5. The highest BCUT2D eigenvalue weighted by Crippen LogP contribution is 2.39. The number of amides is 1. The second-order valence-electron chi connectivity index (χ2n) is 8.07. The minimum absolute atomic E-state index is 0. The van der Waals surface area contributed by atoms with Crippen LogP contribution in [0.4, 0.5) is 0 Å². The molecule has 2 aliphatic rings. The summed E-state index contributed by atoms with van der Waals surface area (Å²) in [5, 5.41) is 6.89. The highest BCUT2D eigenvalue weighted by molar-refractivity contribution is 14.0. The summed E-state index contributed by atoms with van der Waals surface area (Å²) in [5.41, 5.74) is -0.301. The van der Waals surface area contributed by atoms with Gasteiger partial charge in [-0.1, -0.05) is 19.8 Å². The van der Waals surface area contributed by atoms with E-state index in [1.54, 1.807) is 4.90 Å². The smallest absolute Gasteiger partial charge is 0.230 e. The molecule has 7 heteroatoms. The minimum Gasteiger partial charge on any atom is -0.357 e. The monoisotopic (exact) mass is 493 g/mol. The molecule has 0 aromatic heterocycles. The molecule has 0 aromatic rings. The van der Waals surface area contributed by atoms with Crippen molar-refractivity contribution in [1.82, 2.24) is 20.4 Å². The molecule has 6 nitrogen and oxygen atoms in total. The molecule has 1 saturated carbocycles. The quantitative estimate of drug-likeness (QED) is 0.310. The van der Waals surface area contributed by atoms with E-state index in [2.05, 4.69) is 29.4 Å². The SMILES string of the molecule is CCNC(=NCC1(C(=O)N(C)C)CCCC1)NCC(CC)N1CCCC1.I. The topological polar surface area (TPSA) is 60.0 Å². The molecular formula is C20H40IN5O. The summed E-state index contributed by atoms with van der Waals surface area (Å²) in [6.07, 6.45) is 7.96. The number of carbonyl (C=O) groups excluding carboxylic acids is 1. The molecule has 1 heterocycles. The van der Waals surface area contributed by atoms with Crippen LogP contribution in [0.25, 0.3) is 0 Å². The molecule has 1 saturated heterocycles. The zero-order chi connectivity index (χ0) is 19.0. The predicted octanol–water partition coefficient (Wildman–Crippen LogP) is 2.68. The molecule has 1 amide bonds. The average molecular weight is 493 g/mol. The summed E-state index contributed by atoms with van der Waals surface area (Å²) < 4.78 is 0. The Morgan fingerprint density at radius 2 is 1.74 bits per heavy atom. The number of halogens is 1. The number of hydrogen-bond donors (Lipinski definition) is 2. The van der Waals surface area contributed by atoms with Crippen LogP contribution in [0, 0.1) is 5.41 Å². The molecule has 2 fully saturated rings. The first-order valence-corrected chi connectivity index (χ1v) is 10.5. The summed E-state index contributed by atoms with van der Waals surface area (Å²) in [4.78, 5) is 21.9. The van der Waals surface area contributed by atoms with Crippen LogP contribution in [-0.2, 0) is 4.79 Å². The highest BCUT2D eigenvalue weighted by Gasteiger charge is 2.42. The Hall–Kier alpha value is -0.570. The van der Waals surface area contributed by atoms with Crippen molar-refractivity contribution in [1.29, 1.82) is 0 Å². The van der Waals surface area contributed by atoms with Crippen molar-refractivity contribution < 1.29 is 4.79 Å². The van der Waals surface area contributed by atoms with Gasteiger partial charge in [0.25, 0.3) is 0 Å². The maximum Gasteiger partial charge on any atom is 0.230 e. The number of carbonyl (C=O) groups is 1. The molecule has 2 rings (SSSR count). The van der Waals surface area contributed by atoms with Gasteiger partial charge in [-0.15, -0.1) is 24.0 Å². The zero-order valence-electron chi connectivity index (χ0n) is 17.7. The van der Waals surface area contributed by atoms with E-state index in [1.165, 1.54) is 25.9 Å². The van der Waals surface area contributed by atoms with Gasteiger partial charge in [-0.25, -0.2) is 0 Å². The third-order valence-electron chi connectivity index (χ3n) is 5.94. The fourth-order valence-corrected chi connectivity index (χ4v) is 4.39. The lowest BCUT2D eigenvalue weighted by Gasteiger charge is -2.30. The lowest BCUT2D eigenvalue weighted by Crippen LogP contribution is -2.47. The second-order valence-corrected chi connectivity index (χ2v) is 8.07. The lowest BCUT2D eigenvalue weighted by atomic mass is 9.85.